The first kappa shape index (κ1) is 12.0. The van der Waals surface area contributed by atoms with Crippen LogP contribution in [0.25, 0.3) is 0 Å². The third-order valence-corrected chi connectivity index (χ3v) is 5.47. The van der Waals surface area contributed by atoms with Crippen molar-refractivity contribution < 1.29 is 0 Å². The smallest absolute Gasteiger partial charge is 0.00980 e. The van der Waals surface area contributed by atoms with Crippen molar-refractivity contribution >= 4 is 0 Å². The lowest BCUT2D eigenvalue weighted by Crippen LogP contribution is -2.44. The molecule has 3 fully saturated rings. The summed E-state index contributed by atoms with van der Waals surface area (Å²) in [5.41, 5.74) is 5.78. The Morgan fingerprint density at radius 3 is 2.29 bits per heavy atom. The van der Waals surface area contributed by atoms with Gasteiger partial charge in [-0.25, -0.2) is 0 Å². The van der Waals surface area contributed by atoms with Crippen molar-refractivity contribution in [1.29, 1.82) is 0 Å². The fourth-order valence-corrected chi connectivity index (χ4v) is 4.08. The lowest BCUT2D eigenvalue weighted by molar-refractivity contribution is 0.0865. The fraction of sp³-hybridized carbons (Fsp3) is 1.00. The van der Waals surface area contributed by atoms with Gasteiger partial charge < -0.3 is 10.6 Å². The Hall–Kier alpha value is -0.0800. The van der Waals surface area contributed by atoms with Crippen molar-refractivity contribution in [3.8, 4) is 0 Å². The van der Waals surface area contributed by atoms with Crippen LogP contribution in [0.15, 0.2) is 0 Å². The first-order valence-corrected chi connectivity index (χ1v) is 7.81. The first-order chi connectivity index (χ1) is 8.36. The van der Waals surface area contributed by atoms with Gasteiger partial charge in [0.1, 0.15) is 0 Å². The molecule has 2 unspecified atom stereocenters. The third kappa shape index (κ3) is 2.85. The van der Waals surface area contributed by atoms with Crippen molar-refractivity contribution in [2.24, 2.45) is 23.5 Å². The Morgan fingerprint density at radius 1 is 0.882 bits per heavy atom. The SMILES string of the molecule is NCC1CCN(C2CCCC(C3CC3)C2)CC1. The summed E-state index contributed by atoms with van der Waals surface area (Å²) in [4.78, 5) is 2.79. The maximum atomic E-state index is 5.78. The minimum atomic E-state index is 0.814. The normalized spacial score (nSPS) is 37.2. The molecular weight excluding hydrogens is 208 g/mol. The van der Waals surface area contributed by atoms with E-state index in [-0.39, 0.29) is 0 Å². The predicted octanol–water partition coefficient (Wildman–Crippen LogP) is 2.63. The van der Waals surface area contributed by atoms with E-state index in [0.29, 0.717) is 0 Å². The number of hydrogen-bond donors (Lipinski definition) is 1. The van der Waals surface area contributed by atoms with Crippen LogP contribution >= 0.6 is 0 Å². The molecule has 0 radical (unpaired) electrons. The highest BCUT2D eigenvalue weighted by Gasteiger charge is 2.36. The Labute approximate surface area is 106 Å². The van der Waals surface area contributed by atoms with Crippen LogP contribution < -0.4 is 5.73 Å². The molecule has 3 rings (SSSR count). The zero-order valence-electron chi connectivity index (χ0n) is 11.1. The lowest BCUT2D eigenvalue weighted by Gasteiger charge is -2.41. The summed E-state index contributed by atoms with van der Waals surface area (Å²) in [5.74, 6) is 3.02. The average Bonchev–Trinajstić information content (AvgIpc) is 3.23. The van der Waals surface area contributed by atoms with E-state index in [2.05, 4.69) is 4.90 Å². The van der Waals surface area contributed by atoms with E-state index in [0.717, 1.165) is 30.3 Å². The highest BCUT2D eigenvalue weighted by molar-refractivity contribution is 4.90. The molecule has 0 aromatic heterocycles. The standard InChI is InChI=1S/C15H28N2/c16-11-12-6-8-17(9-7-12)15-3-1-2-14(10-15)13-4-5-13/h12-15H,1-11,16H2. The van der Waals surface area contributed by atoms with Crippen LogP contribution in [-0.4, -0.2) is 30.6 Å². The molecule has 0 bridgehead atoms. The molecule has 2 N–H and O–H groups in total. The fourth-order valence-electron chi connectivity index (χ4n) is 4.08. The number of likely N-dealkylation sites (tertiary alicyclic amines) is 1. The number of nitrogens with zero attached hydrogens (tertiary/aromatic N) is 1. The minimum absolute atomic E-state index is 0.814. The molecular formula is C15H28N2. The first-order valence-electron chi connectivity index (χ1n) is 7.81. The Morgan fingerprint density at radius 2 is 1.65 bits per heavy atom. The summed E-state index contributed by atoms with van der Waals surface area (Å²) in [6, 6.07) is 0.924. The monoisotopic (exact) mass is 236 g/mol. The van der Waals surface area contributed by atoms with Crippen LogP contribution in [0.2, 0.25) is 0 Å². The van der Waals surface area contributed by atoms with Gasteiger partial charge in [-0.1, -0.05) is 12.8 Å². The van der Waals surface area contributed by atoms with E-state index in [1.807, 2.05) is 0 Å². The van der Waals surface area contributed by atoms with Gasteiger partial charge in [0.15, 0.2) is 0 Å². The van der Waals surface area contributed by atoms with E-state index in [1.54, 1.807) is 0 Å². The van der Waals surface area contributed by atoms with Crippen molar-refractivity contribution in [3.05, 3.63) is 0 Å². The second kappa shape index (κ2) is 5.27. The molecule has 2 heteroatoms. The second-order valence-electron chi connectivity index (χ2n) is 6.63. The van der Waals surface area contributed by atoms with E-state index in [9.17, 15) is 0 Å². The topological polar surface area (TPSA) is 29.3 Å². The molecule has 0 amide bonds. The van der Waals surface area contributed by atoms with Crippen molar-refractivity contribution in [3.63, 3.8) is 0 Å². The maximum absolute atomic E-state index is 5.78. The Kier molecular flexibility index (Phi) is 3.72. The molecule has 1 heterocycles. The molecule has 1 aliphatic heterocycles. The van der Waals surface area contributed by atoms with Gasteiger partial charge >= 0.3 is 0 Å². The largest absolute Gasteiger partial charge is 0.330 e. The third-order valence-electron chi connectivity index (χ3n) is 5.47. The van der Waals surface area contributed by atoms with Gasteiger partial charge in [-0.05, 0) is 75.9 Å². The zero-order valence-corrected chi connectivity index (χ0v) is 11.1. The van der Waals surface area contributed by atoms with Gasteiger partial charge in [0.25, 0.3) is 0 Å². The second-order valence-corrected chi connectivity index (χ2v) is 6.63. The minimum Gasteiger partial charge on any atom is -0.330 e. The van der Waals surface area contributed by atoms with Crippen molar-refractivity contribution in [2.75, 3.05) is 19.6 Å². The van der Waals surface area contributed by atoms with Crippen LogP contribution in [0.3, 0.4) is 0 Å². The number of piperidine rings is 1. The summed E-state index contributed by atoms with van der Waals surface area (Å²) >= 11 is 0. The summed E-state index contributed by atoms with van der Waals surface area (Å²) in [5, 5.41) is 0. The highest BCUT2D eigenvalue weighted by atomic mass is 15.2. The molecule has 2 saturated carbocycles. The summed E-state index contributed by atoms with van der Waals surface area (Å²) < 4.78 is 0. The molecule has 2 aliphatic carbocycles. The molecule has 17 heavy (non-hydrogen) atoms. The molecule has 0 aromatic rings. The van der Waals surface area contributed by atoms with Gasteiger partial charge in [-0.15, -0.1) is 0 Å². The van der Waals surface area contributed by atoms with Crippen molar-refractivity contribution in [1.82, 2.24) is 4.90 Å². The van der Waals surface area contributed by atoms with Gasteiger partial charge in [0, 0.05) is 6.04 Å². The maximum Gasteiger partial charge on any atom is 0.00980 e. The molecule has 98 valence electrons. The van der Waals surface area contributed by atoms with Gasteiger partial charge in [-0.3, -0.25) is 0 Å². The summed E-state index contributed by atoms with van der Waals surface area (Å²) in [6.45, 7) is 3.55. The molecule has 0 aromatic carbocycles. The van der Waals surface area contributed by atoms with Gasteiger partial charge in [-0.2, -0.15) is 0 Å². The highest BCUT2D eigenvalue weighted by Crippen LogP contribution is 2.45. The van der Waals surface area contributed by atoms with E-state index in [1.165, 1.54) is 64.5 Å². The Bertz CT molecular complexity index is 241. The molecule has 2 nitrogen and oxygen atoms in total. The predicted molar refractivity (Wildman–Crippen MR) is 71.8 cm³/mol. The number of hydrogen-bond acceptors (Lipinski definition) is 2. The van der Waals surface area contributed by atoms with Crippen LogP contribution in [0.1, 0.15) is 51.4 Å². The molecule has 0 spiro atoms. The van der Waals surface area contributed by atoms with E-state index >= 15 is 0 Å². The van der Waals surface area contributed by atoms with Gasteiger partial charge in [0.05, 0.1) is 0 Å². The van der Waals surface area contributed by atoms with E-state index in [4.69, 9.17) is 5.73 Å². The van der Waals surface area contributed by atoms with Crippen molar-refractivity contribution in [2.45, 2.75) is 57.4 Å². The van der Waals surface area contributed by atoms with Crippen LogP contribution in [0, 0.1) is 17.8 Å². The lowest BCUT2D eigenvalue weighted by atomic mass is 9.81. The number of nitrogens with two attached hydrogens (primary N) is 1. The van der Waals surface area contributed by atoms with Crippen LogP contribution in [0.4, 0.5) is 0 Å². The summed E-state index contributed by atoms with van der Waals surface area (Å²) in [6.07, 6.45) is 11.8. The van der Waals surface area contributed by atoms with Crippen LogP contribution in [0.5, 0.6) is 0 Å². The van der Waals surface area contributed by atoms with Crippen LogP contribution in [-0.2, 0) is 0 Å². The number of rotatable bonds is 3. The zero-order chi connectivity index (χ0) is 11.7. The average molecular weight is 236 g/mol. The molecule has 1 saturated heterocycles. The molecule has 2 atom stereocenters. The van der Waals surface area contributed by atoms with Gasteiger partial charge in [0.2, 0.25) is 0 Å². The Balaban J connectivity index is 1.50. The van der Waals surface area contributed by atoms with E-state index < -0.39 is 0 Å². The molecule has 3 aliphatic rings. The summed E-state index contributed by atoms with van der Waals surface area (Å²) in [7, 11) is 0. The quantitative estimate of drug-likeness (QED) is 0.816.